The van der Waals surface area contributed by atoms with Gasteiger partial charge < -0.3 is 14.7 Å². The van der Waals surface area contributed by atoms with Gasteiger partial charge in [0.05, 0.1) is 10.5 Å². The van der Waals surface area contributed by atoms with E-state index >= 15 is 0 Å². The van der Waals surface area contributed by atoms with E-state index in [1.54, 1.807) is 28.0 Å². The number of nitrogens with zero attached hydrogens (tertiary/aromatic N) is 4. The summed E-state index contributed by atoms with van der Waals surface area (Å²) >= 11 is 0. The Balaban J connectivity index is 1.94. The second kappa shape index (κ2) is 9.42. The predicted molar refractivity (Wildman–Crippen MR) is 121 cm³/mol. The molecule has 1 aliphatic heterocycles. The van der Waals surface area contributed by atoms with E-state index in [9.17, 15) is 19.7 Å². The largest absolute Gasteiger partial charge is 0.377 e. The summed E-state index contributed by atoms with van der Waals surface area (Å²) in [7, 11) is 3.76. The zero-order valence-corrected chi connectivity index (χ0v) is 17.9. The second-order valence-electron chi connectivity index (χ2n) is 7.57. The van der Waals surface area contributed by atoms with E-state index in [4.69, 9.17) is 0 Å². The summed E-state index contributed by atoms with van der Waals surface area (Å²) in [4.78, 5) is 40.8. The van der Waals surface area contributed by atoms with Gasteiger partial charge in [0.15, 0.2) is 0 Å². The van der Waals surface area contributed by atoms with Crippen molar-refractivity contribution in [3.8, 4) is 11.1 Å². The highest BCUT2D eigenvalue weighted by Crippen LogP contribution is 2.39. The zero-order chi connectivity index (χ0) is 22.5. The van der Waals surface area contributed by atoms with Crippen LogP contribution in [-0.2, 0) is 9.59 Å². The molecule has 0 N–H and O–H groups in total. The fraction of sp³-hybridized carbons (Fsp3) is 0.304. The Labute approximate surface area is 181 Å². The van der Waals surface area contributed by atoms with Gasteiger partial charge >= 0.3 is 0 Å². The molecule has 1 aliphatic rings. The molecule has 0 saturated carbocycles. The summed E-state index contributed by atoms with van der Waals surface area (Å²) in [6.07, 6.45) is 3.08. The van der Waals surface area contributed by atoms with Gasteiger partial charge in [0, 0.05) is 70.6 Å². The van der Waals surface area contributed by atoms with Gasteiger partial charge in [-0.05, 0) is 17.7 Å². The summed E-state index contributed by atoms with van der Waals surface area (Å²) in [5, 5.41) is 11.8. The van der Waals surface area contributed by atoms with Crippen LogP contribution >= 0.6 is 0 Å². The van der Waals surface area contributed by atoms with E-state index in [1.165, 1.54) is 19.1 Å². The molecule has 1 heterocycles. The lowest BCUT2D eigenvalue weighted by Crippen LogP contribution is -2.49. The molecule has 2 aromatic carbocycles. The van der Waals surface area contributed by atoms with Gasteiger partial charge in [0.25, 0.3) is 5.69 Å². The third kappa shape index (κ3) is 4.91. The van der Waals surface area contributed by atoms with Gasteiger partial charge in [-0.3, -0.25) is 19.7 Å². The summed E-state index contributed by atoms with van der Waals surface area (Å²) in [5.74, 6) is -0.176. The van der Waals surface area contributed by atoms with Gasteiger partial charge in [-0.1, -0.05) is 30.3 Å². The lowest BCUT2D eigenvalue weighted by atomic mass is 9.95. The first-order valence-electron chi connectivity index (χ1n) is 10.1. The monoisotopic (exact) mass is 422 g/mol. The molecular formula is C23H26N4O4. The van der Waals surface area contributed by atoms with Crippen LogP contribution in [0.15, 0.2) is 48.5 Å². The molecule has 0 unspecified atom stereocenters. The van der Waals surface area contributed by atoms with Crippen molar-refractivity contribution in [1.29, 1.82) is 0 Å². The maximum atomic E-state index is 12.7. The number of benzene rings is 2. The SMILES string of the molecule is CC(=O)N1CCN(C(=O)/C=C/c2cccc([N+](=O)[O-])c2-c2ccccc2N(C)C)CC1. The van der Waals surface area contributed by atoms with Crippen molar-refractivity contribution in [2.75, 3.05) is 45.2 Å². The van der Waals surface area contributed by atoms with Crippen molar-refractivity contribution in [3.05, 3.63) is 64.2 Å². The molecule has 0 aliphatic carbocycles. The van der Waals surface area contributed by atoms with Crippen molar-refractivity contribution in [3.63, 3.8) is 0 Å². The van der Waals surface area contributed by atoms with Crippen molar-refractivity contribution < 1.29 is 14.5 Å². The van der Waals surface area contributed by atoms with Gasteiger partial charge in [0.2, 0.25) is 11.8 Å². The van der Waals surface area contributed by atoms with E-state index in [1.807, 2.05) is 43.3 Å². The topological polar surface area (TPSA) is 87.0 Å². The van der Waals surface area contributed by atoms with Crippen molar-refractivity contribution in [1.82, 2.24) is 9.80 Å². The average molecular weight is 422 g/mol. The molecule has 2 amide bonds. The van der Waals surface area contributed by atoms with E-state index < -0.39 is 4.92 Å². The number of para-hydroxylation sites is 1. The molecule has 3 rings (SSSR count). The third-order valence-electron chi connectivity index (χ3n) is 5.37. The molecule has 0 atom stereocenters. The number of rotatable bonds is 5. The Morgan fingerprint density at radius 1 is 1.00 bits per heavy atom. The Kier molecular flexibility index (Phi) is 6.69. The number of carbonyl (C=O) groups excluding carboxylic acids is 2. The van der Waals surface area contributed by atoms with E-state index in [-0.39, 0.29) is 17.5 Å². The van der Waals surface area contributed by atoms with Crippen molar-refractivity contribution in [2.24, 2.45) is 0 Å². The third-order valence-corrected chi connectivity index (χ3v) is 5.37. The Morgan fingerprint density at radius 2 is 1.65 bits per heavy atom. The lowest BCUT2D eigenvalue weighted by molar-refractivity contribution is -0.384. The maximum absolute atomic E-state index is 12.7. The molecule has 162 valence electrons. The number of hydrogen-bond donors (Lipinski definition) is 0. The fourth-order valence-corrected chi connectivity index (χ4v) is 3.73. The molecule has 31 heavy (non-hydrogen) atoms. The average Bonchev–Trinajstić information content (AvgIpc) is 2.77. The number of anilines is 1. The van der Waals surface area contributed by atoms with E-state index in [0.29, 0.717) is 37.3 Å². The molecule has 0 bridgehead atoms. The van der Waals surface area contributed by atoms with E-state index in [2.05, 4.69) is 0 Å². The fourth-order valence-electron chi connectivity index (χ4n) is 3.73. The minimum atomic E-state index is -0.401. The zero-order valence-electron chi connectivity index (χ0n) is 17.9. The minimum Gasteiger partial charge on any atom is -0.377 e. The van der Waals surface area contributed by atoms with Crippen LogP contribution in [0.2, 0.25) is 0 Å². The minimum absolute atomic E-state index is 0.00318. The Hall–Kier alpha value is -3.68. The Bertz CT molecular complexity index is 1020. The highest BCUT2D eigenvalue weighted by Gasteiger charge is 2.23. The first-order valence-corrected chi connectivity index (χ1v) is 10.1. The molecule has 1 saturated heterocycles. The van der Waals surface area contributed by atoms with Crippen LogP contribution in [0.3, 0.4) is 0 Å². The van der Waals surface area contributed by atoms with Crippen LogP contribution in [0, 0.1) is 10.1 Å². The van der Waals surface area contributed by atoms with Gasteiger partial charge in [-0.2, -0.15) is 0 Å². The number of nitro benzene ring substituents is 1. The highest BCUT2D eigenvalue weighted by molar-refractivity contribution is 5.96. The smallest absolute Gasteiger partial charge is 0.277 e. The second-order valence-corrected chi connectivity index (χ2v) is 7.57. The van der Waals surface area contributed by atoms with Gasteiger partial charge in [0.1, 0.15) is 0 Å². The summed E-state index contributed by atoms with van der Waals surface area (Å²) < 4.78 is 0. The number of carbonyl (C=O) groups is 2. The predicted octanol–water partition coefficient (Wildman–Crippen LogP) is 3.03. The van der Waals surface area contributed by atoms with Crippen LogP contribution < -0.4 is 4.90 Å². The molecule has 0 radical (unpaired) electrons. The number of piperazine rings is 1. The lowest BCUT2D eigenvalue weighted by Gasteiger charge is -2.33. The highest BCUT2D eigenvalue weighted by atomic mass is 16.6. The molecule has 8 heteroatoms. The van der Waals surface area contributed by atoms with Crippen molar-refractivity contribution >= 4 is 29.3 Å². The summed E-state index contributed by atoms with van der Waals surface area (Å²) in [6.45, 7) is 3.47. The van der Waals surface area contributed by atoms with Crippen LogP contribution in [-0.4, -0.2) is 66.8 Å². The molecule has 8 nitrogen and oxygen atoms in total. The summed E-state index contributed by atoms with van der Waals surface area (Å²) in [5.41, 5.74) is 2.63. The van der Waals surface area contributed by atoms with Crippen LogP contribution in [0.4, 0.5) is 11.4 Å². The van der Waals surface area contributed by atoms with Crippen LogP contribution in [0.25, 0.3) is 17.2 Å². The van der Waals surface area contributed by atoms with E-state index in [0.717, 1.165) is 11.3 Å². The maximum Gasteiger partial charge on any atom is 0.277 e. The molecule has 0 aromatic heterocycles. The van der Waals surface area contributed by atoms with Crippen molar-refractivity contribution in [2.45, 2.75) is 6.92 Å². The number of hydrogen-bond acceptors (Lipinski definition) is 5. The van der Waals surface area contributed by atoms with Gasteiger partial charge in [-0.15, -0.1) is 0 Å². The summed E-state index contributed by atoms with van der Waals surface area (Å²) in [6, 6.07) is 12.3. The van der Waals surface area contributed by atoms with Crippen LogP contribution in [0.5, 0.6) is 0 Å². The molecule has 2 aromatic rings. The molecule has 1 fully saturated rings. The quantitative estimate of drug-likeness (QED) is 0.420. The van der Waals surface area contributed by atoms with Crippen LogP contribution in [0.1, 0.15) is 12.5 Å². The molecular weight excluding hydrogens is 396 g/mol. The number of amides is 2. The first kappa shape index (κ1) is 22.0. The first-order chi connectivity index (χ1) is 14.8. The van der Waals surface area contributed by atoms with Gasteiger partial charge in [-0.25, -0.2) is 0 Å². The normalized spacial score (nSPS) is 14.0. The number of nitro groups is 1. The standard InChI is InChI=1S/C23H26N4O4/c1-17(28)25-13-15-26(16-14-25)22(29)12-11-18-7-6-10-21(27(30)31)23(18)19-8-4-5-9-20(19)24(2)3/h4-12H,13-16H2,1-3H3/b12-11+. The Morgan fingerprint density at radius 3 is 2.26 bits per heavy atom. The molecule has 0 spiro atoms.